The van der Waals surface area contributed by atoms with E-state index in [1.165, 1.54) is 18.2 Å². The van der Waals surface area contributed by atoms with Crippen LogP contribution in [0, 0.1) is 19.7 Å². The van der Waals surface area contributed by atoms with E-state index in [4.69, 9.17) is 4.74 Å². The minimum atomic E-state index is -0.431. The molecule has 0 bridgehead atoms. The van der Waals surface area contributed by atoms with Gasteiger partial charge in [-0.25, -0.2) is 4.39 Å². The SMILES string of the molecule is COc1cc(C)c(C(=O)N2CCN(C(=O)c3cccc(F)c3)CC2)cc1C. The minimum absolute atomic E-state index is 0.0453. The lowest BCUT2D eigenvalue weighted by Gasteiger charge is -2.35. The lowest BCUT2D eigenvalue weighted by atomic mass is 10.0. The molecule has 3 rings (SSSR count). The zero-order valence-electron chi connectivity index (χ0n) is 15.8. The van der Waals surface area contributed by atoms with Gasteiger partial charge in [-0.15, -0.1) is 0 Å². The first-order valence-electron chi connectivity index (χ1n) is 8.90. The Morgan fingerprint density at radius 3 is 2.15 bits per heavy atom. The molecule has 1 saturated heterocycles. The Bertz CT molecular complexity index is 874. The van der Waals surface area contributed by atoms with E-state index in [9.17, 15) is 14.0 Å². The summed E-state index contributed by atoms with van der Waals surface area (Å²) in [5.41, 5.74) is 2.75. The van der Waals surface area contributed by atoms with Gasteiger partial charge in [0.05, 0.1) is 7.11 Å². The van der Waals surface area contributed by atoms with Crippen molar-refractivity contribution < 1.29 is 18.7 Å². The fourth-order valence-electron chi connectivity index (χ4n) is 3.33. The smallest absolute Gasteiger partial charge is 0.254 e. The Morgan fingerprint density at radius 2 is 1.56 bits per heavy atom. The maximum Gasteiger partial charge on any atom is 0.254 e. The molecule has 2 aromatic rings. The van der Waals surface area contributed by atoms with Crippen LogP contribution in [-0.2, 0) is 0 Å². The topological polar surface area (TPSA) is 49.9 Å². The third-order valence-electron chi connectivity index (χ3n) is 4.90. The molecule has 0 spiro atoms. The van der Waals surface area contributed by atoms with Crippen LogP contribution in [-0.4, -0.2) is 54.9 Å². The summed E-state index contributed by atoms with van der Waals surface area (Å²) in [7, 11) is 1.61. The molecule has 2 aromatic carbocycles. The van der Waals surface area contributed by atoms with E-state index < -0.39 is 5.82 Å². The first-order chi connectivity index (χ1) is 12.9. The maximum absolute atomic E-state index is 13.3. The standard InChI is InChI=1S/C21H23FN2O3/c1-14-12-19(27-3)15(2)11-18(14)21(26)24-9-7-23(8-10-24)20(25)16-5-4-6-17(22)13-16/h4-6,11-13H,7-10H2,1-3H3. The number of benzene rings is 2. The van der Waals surface area contributed by atoms with Crippen LogP contribution < -0.4 is 4.74 Å². The number of rotatable bonds is 3. The summed E-state index contributed by atoms with van der Waals surface area (Å²) in [5, 5.41) is 0. The average Bonchev–Trinajstić information content (AvgIpc) is 2.68. The van der Waals surface area contributed by atoms with Crippen molar-refractivity contribution >= 4 is 11.8 Å². The molecule has 0 radical (unpaired) electrons. The molecule has 5 nitrogen and oxygen atoms in total. The molecule has 0 aliphatic carbocycles. The second-order valence-corrected chi connectivity index (χ2v) is 6.73. The largest absolute Gasteiger partial charge is 0.496 e. The number of nitrogens with zero attached hydrogens (tertiary/aromatic N) is 2. The van der Waals surface area contributed by atoms with Gasteiger partial charge >= 0.3 is 0 Å². The highest BCUT2D eigenvalue weighted by Crippen LogP contribution is 2.24. The number of methoxy groups -OCH3 is 1. The van der Waals surface area contributed by atoms with Crippen molar-refractivity contribution in [2.45, 2.75) is 13.8 Å². The molecule has 6 heteroatoms. The van der Waals surface area contributed by atoms with Gasteiger partial charge < -0.3 is 14.5 Å². The molecular weight excluding hydrogens is 347 g/mol. The normalized spacial score (nSPS) is 14.2. The second kappa shape index (κ2) is 7.78. The number of halogens is 1. The molecule has 0 atom stereocenters. The van der Waals surface area contributed by atoms with Gasteiger partial charge in [0, 0.05) is 37.3 Å². The van der Waals surface area contributed by atoms with Gasteiger partial charge in [-0.1, -0.05) is 6.07 Å². The Labute approximate surface area is 158 Å². The first kappa shape index (κ1) is 18.9. The van der Waals surface area contributed by atoms with Gasteiger partial charge in [-0.05, 0) is 55.3 Å². The predicted octanol–water partition coefficient (Wildman–Crippen LogP) is 3.05. The lowest BCUT2D eigenvalue weighted by Crippen LogP contribution is -2.50. The molecule has 1 heterocycles. The van der Waals surface area contributed by atoms with Crippen LogP contribution in [0.3, 0.4) is 0 Å². The number of hydrogen-bond acceptors (Lipinski definition) is 3. The molecule has 0 saturated carbocycles. The van der Waals surface area contributed by atoms with Crippen LogP contribution in [0.25, 0.3) is 0 Å². The quantitative estimate of drug-likeness (QED) is 0.834. The Kier molecular flexibility index (Phi) is 5.44. The summed E-state index contributed by atoms with van der Waals surface area (Å²) in [6.45, 7) is 5.54. The molecule has 2 amide bonds. The number of hydrogen-bond donors (Lipinski definition) is 0. The summed E-state index contributed by atoms with van der Waals surface area (Å²) in [5.74, 6) is 0.0729. The highest BCUT2D eigenvalue weighted by atomic mass is 19.1. The highest BCUT2D eigenvalue weighted by molar-refractivity contribution is 5.97. The average molecular weight is 370 g/mol. The number of carbonyl (C=O) groups is 2. The molecule has 1 aliphatic rings. The van der Waals surface area contributed by atoms with Crippen LogP contribution in [0.1, 0.15) is 31.8 Å². The van der Waals surface area contributed by atoms with E-state index in [-0.39, 0.29) is 11.8 Å². The van der Waals surface area contributed by atoms with Crippen LogP contribution in [0.15, 0.2) is 36.4 Å². The zero-order chi connectivity index (χ0) is 19.6. The van der Waals surface area contributed by atoms with E-state index in [0.717, 1.165) is 16.9 Å². The molecule has 1 fully saturated rings. The van der Waals surface area contributed by atoms with Crippen molar-refractivity contribution in [2.75, 3.05) is 33.3 Å². The van der Waals surface area contributed by atoms with Gasteiger partial charge in [0.2, 0.25) is 0 Å². The number of aryl methyl sites for hydroxylation is 2. The van der Waals surface area contributed by atoms with Crippen LogP contribution >= 0.6 is 0 Å². The molecule has 0 aromatic heterocycles. The maximum atomic E-state index is 13.3. The Hall–Kier alpha value is -2.89. The van der Waals surface area contributed by atoms with Gasteiger partial charge in [0.25, 0.3) is 11.8 Å². The highest BCUT2D eigenvalue weighted by Gasteiger charge is 2.26. The zero-order valence-corrected chi connectivity index (χ0v) is 15.8. The van der Waals surface area contributed by atoms with E-state index >= 15 is 0 Å². The lowest BCUT2D eigenvalue weighted by molar-refractivity contribution is 0.0534. The Morgan fingerprint density at radius 1 is 0.926 bits per heavy atom. The van der Waals surface area contributed by atoms with E-state index in [1.54, 1.807) is 23.0 Å². The van der Waals surface area contributed by atoms with Crippen LogP contribution in [0.4, 0.5) is 4.39 Å². The molecule has 27 heavy (non-hydrogen) atoms. The molecular formula is C21H23FN2O3. The molecule has 142 valence electrons. The van der Waals surface area contributed by atoms with Crippen molar-refractivity contribution in [3.63, 3.8) is 0 Å². The number of ether oxygens (including phenoxy) is 1. The number of piperazine rings is 1. The third kappa shape index (κ3) is 3.94. The monoisotopic (exact) mass is 370 g/mol. The van der Waals surface area contributed by atoms with Crippen molar-refractivity contribution in [2.24, 2.45) is 0 Å². The van der Waals surface area contributed by atoms with E-state index in [1.807, 2.05) is 26.0 Å². The summed E-state index contributed by atoms with van der Waals surface area (Å²) >= 11 is 0. The fraction of sp³-hybridized carbons (Fsp3) is 0.333. The number of amides is 2. The summed E-state index contributed by atoms with van der Waals surface area (Å²) in [6.07, 6.45) is 0. The van der Waals surface area contributed by atoms with E-state index in [2.05, 4.69) is 0 Å². The minimum Gasteiger partial charge on any atom is -0.496 e. The predicted molar refractivity (Wildman–Crippen MR) is 101 cm³/mol. The summed E-state index contributed by atoms with van der Waals surface area (Å²) in [6, 6.07) is 9.40. The van der Waals surface area contributed by atoms with Crippen molar-refractivity contribution in [3.05, 3.63) is 64.5 Å². The third-order valence-corrected chi connectivity index (χ3v) is 4.90. The Balaban J connectivity index is 1.68. The van der Waals surface area contributed by atoms with Crippen molar-refractivity contribution in [1.82, 2.24) is 9.80 Å². The van der Waals surface area contributed by atoms with Crippen LogP contribution in [0.2, 0.25) is 0 Å². The fourth-order valence-corrected chi connectivity index (χ4v) is 3.33. The van der Waals surface area contributed by atoms with Gasteiger partial charge in [-0.3, -0.25) is 9.59 Å². The van der Waals surface area contributed by atoms with Crippen LogP contribution in [0.5, 0.6) is 5.75 Å². The van der Waals surface area contributed by atoms with Gasteiger partial charge in [-0.2, -0.15) is 0 Å². The number of carbonyl (C=O) groups excluding carboxylic acids is 2. The molecule has 0 N–H and O–H groups in total. The molecule has 1 aliphatic heterocycles. The van der Waals surface area contributed by atoms with Gasteiger partial charge in [0.1, 0.15) is 11.6 Å². The molecule has 0 unspecified atom stereocenters. The summed E-state index contributed by atoms with van der Waals surface area (Å²) in [4.78, 5) is 28.8. The summed E-state index contributed by atoms with van der Waals surface area (Å²) < 4.78 is 18.6. The van der Waals surface area contributed by atoms with Gasteiger partial charge in [0.15, 0.2) is 0 Å². The first-order valence-corrected chi connectivity index (χ1v) is 8.90. The van der Waals surface area contributed by atoms with Crippen molar-refractivity contribution in [3.8, 4) is 5.75 Å². The second-order valence-electron chi connectivity index (χ2n) is 6.73. The van der Waals surface area contributed by atoms with E-state index in [0.29, 0.717) is 37.3 Å². The van der Waals surface area contributed by atoms with Crippen molar-refractivity contribution in [1.29, 1.82) is 0 Å².